The molecule has 2 aromatic rings. The molecule has 0 saturated carbocycles. The van der Waals surface area contributed by atoms with Crippen molar-refractivity contribution < 1.29 is 9.53 Å². The van der Waals surface area contributed by atoms with Gasteiger partial charge in [-0.25, -0.2) is 4.98 Å². The van der Waals surface area contributed by atoms with Crippen LogP contribution in [0.4, 0.5) is 5.13 Å². The van der Waals surface area contributed by atoms with E-state index in [9.17, 15) is 4.79 Å². The van der Waals surface area contributed by atoms with Gasteiger partial charge in [0.2, 0.25) is 0 Å². The van der Waals surface area contributed by atoms with E-state index in [-0.39, 0.29) is 22.2 Å². The third-order valence-electron chi connectivity index (χ3n) is 2.73. The SMILES string of the molecule is COc1c(Cl)ccc(Cl)c1C(=O)NCCc1csc(N)n1. The number of ether oxygens (including phenoxy) is 1. The summed E-state index contributed by atoms with van der Waals surface area (Å²) in [5.74, 6) is -0.0814. The summed E-state index contributed by atoms with van der Waals surface area (Å²) >= 11 is 13.4. The van der Waals surface area contributed by atoms with Crippen molar-refractivity contribution in [1.29, 1.82) is 0 Å². The predicted octanol–water partition coefficient (Wildman–Crippen LogP) is 3.01. The number of hydrogen-bond acceptors (Lipinski definition) is 5. The number of benzene rings is 1. The van der Waals surface area contributed by atoms with Gasteiger partial charge >= 0.3 is 0 Å². The zero-order valence-electron chi connectivity index (χ0n) is 11.2. The number of aromatic nitrogens is 1. The average Bonchev–Trinajstić information content (AvgIpc) is 2.86. The summed E-state index contributed by atoms with van der Waals surface area (Å²) in [5.41, 5.74) is 6.61. The van der Waals surface area contributed by atoms with Crippen molar-refractivity contribution in [2.45, 2.75) is 6.42 Å². The van der Waals surface area contributed by atoms with Crippen molar-refractivity contribution >= 4 is 45.6 Å². The lowest BCUT2D eigenvalue weighted by Crippen LogP contribution is -2.26. The van der Waals surface area contributed by atoms with Crippen LogP contribution < -0.4 is 15.8 Å². The van der Waals surface area contributed by atoms with E-state index >= 15 is 0 Å². The summed E-state index contributed by atoms with van der Waals surface area (Å²) in [6.45, 7) is 0.411. The number of halogens is 2. The molecule has 0 radical (unpaired) electrons. The number of nitrogens with zero attached hydrogens (tertiary/aromatic N) is 1. The van der Waals surface area contributed by atoms with E-state index in [0.717, 1.165) is 5.69 Å². The van der Waals surface area contributed by atoms with Gasteiger partial charge in [0, 0.05) is 18.3 Å². The highest BCUT2D eigenvalue weighted by atomic mass is 35.5. The fourth-order valence-corrected chi connectivity index (χ4v) is 2.84. The van der Waals surface area contributed by atoms with Crippen molar-refractivity contribution in [3.63, 3.8) is 0 Å². The van der Waals surface area contributed by atoms with Crippen molar-refractivity contribution in [3.8, 4) is 5.75 Å². The van der Waals surface area contributed by atoms with E-state index in [0.29, 0.717) is 23.1 Å². The topological polar surface area (TPSA) is 77.2 Å². The minimum absolute atomic E-state index is 0.226. The van der Waals surface area contributed by atoms with Gasteiger partial charge in [0.05, 0.1) is 22.8 Å². The van der Waals surface area contributed by atoms with Gasteiger partial charge in [0.1, 0.15) is 5.56 Å². The summed E-state index contributed by atoms with van der Waals surface area (Å²) in [5, 5.41) is 5.74. The molecule has 1 amide bonds. The molecule has 5 nitrogen and oxygen atoms in total. The minimum atomic E-state index is -0.345. The van der Waals surface area contributed by atoms with Crippen LogP contribution in [0.2, 0.25) is 10.0 Å². The van der Waals surface area contributed by atoms with Crippen LogP contribution >= 0.6 is 34.5 Å². The highest BCUT2D eigenvalue weighted by Gasteiger charge is 2.19. The molecule has 2 rings (SSSR count). The molecule has 1 aromatic heterocycles. The molecule has 0 spiro atoms. The molecule has 21 heavy (non-hydrogen) atoms. The molecule has 1 aromatic carbocycles. The molecule has 0 atom stereocenters. The van der Waals surface area contributed by atoms with Crippen LogP contribution in [-0.2, 0) is 6.42 Å². The molecule has 0 aliphatic heterocycles. The molecule has 0 saturated heterocycles. The van der Waals surface area contributed by atoms with Gasteiger partial charge < -0.3 is 15.8 Å². The number of nitrogens with one attached hydrogen (secondary N) is 1. The molecule has 8 heteroatoms. The Morgan fingerprint density at radius 1 is 1.43 bits per heavy atom. The van der Waals surface area contributed by atoms with Gasteiger partial charge in [-0.1, -0.05) is 23.2 Å². The van der Waals surface area contributed by atoms with Crippen LogP contribution in [0.1, 0.15) is 16.1 Å². The van der Waals surface area contributed by atoms with Crippen molar-refractivity contribution in [2.75, 3.05) is 19.4 Å². The fourth-order valence-electron chi connectivity index (χ4n) is 1.77. The van der Waals surface area contributed by atoms with Crippen molar-refractivity contribution in [3.05, 3.63) is 38.8 Å². The molecule has 3 N–H and O–H groups in total. The lowest BCUT2D eigenvalue weighted by molar-refractivity contribution is 0.0951. The van der Waals surface area contributed by atoms with Crippen LogP contribution in [0, 0.1) is 0 Å². The van der Waals surface area contributed by atoms with Crippen LogP contribution in [0.15, 0.2) is 17.5 Å². The number of nitrogen functional groups attached to an aromatic ring is 1. The minimum Gasteiger partial charge on any atom is -0.494 e. The maximum absolute atomic E-state index is 12.2. The first-order valence-electron chi connectivity index (χ1n) is 6.03. The second-order valence-corrected chi connectivity index (χ2v) is 5.82. The van der Waals surface area contributed by atoms with E-state index in [4.69, 9.17) is 33.7 Å². The number of anilines is 1. The molecule has 1 heterocycles. The van der Waals surface area contributed by atoms with Gasteiger partial charge in [-0.05, 0) is 12.1 Å². The zero-order valence-corrected chi connectivity index (χ0v) is 13.5. The van der Waals surface area contributed by atoms with E-state index in [1.165, 1.54) is 18.4 Å². The summed E-state index contributed by atoms with van der Waals surface area (Å²) in [4.78, 5) is 16.3. The molecular formula is C13H13Cl2N3O2S. The van der Waals surface area contributed by atoms with Gasteiger partial charge in [-0.15, -0.1) is 11.3 Å². The van der Waals surface area contributed by atoms with E-state index in [2.05, 4.69) is 10.3 Å². The van der Waals surface area contributed by atoms with E-state index in [1.807, 2.05) is 5.38 Å². The number of hydrogen-bond donors (Lipinski definition) is 2. The number of rotatable bonds is 5. The number of carbonyl (C=O) groups excluding carboxylic acids is 1. The number of amides is 1. The second kappa shape index (κ2) is 6.98. The first-order valence-corrected chi connectivity index (χ1v) is 7.66. The standard InChI is InChI=1S/C13H13Cl2N3O2S/c1-20-11-9(15)3-2-8(14)10(11)12(19)17-5-4-7-6-21-13(16)18-7/h2-3,6H,4-5H2,1H3,(H2,16,18)(H,17,19). The number of nitrogens with two attached hydrogens (primary N) is 1. The molecular weight excluding hydrogens is 333 g/mol. The van der Waals surface area contributed by atoms with Crippen LogP contribution in [0.25, 0.3) is 0 Å². The fraction of sp³-hybridized carbons (Fsp3) is 0.231. The van der Waals surface area contributed by atoms with Crippen LogP contribution in [0.5, 0.6) is 5.75 Å². The quantitative estimate of drug-likeness (QED) is 0.873. The summed E-state index contributed by atoms with van der Waals surface area (Å²) in [6, 6.07) is 3.14. The molecule has 0 aliphatic rings. The van der Waals surface area contributed by atoms with Crippen molar-refractivity contribution in [1.82, 2.24) is 10.3 Å². The molecule has 0 bridgehead atoms. The molecule has 112 valence electrons. The van der Waals surface area contributed by atoms with Gasteiger partial charge in [0.15, 0.2) is 10.9 Å². The van der Waals surface area contributed by atoms with Gasteiger partial charge in [-0.3, -0.25) is 4.79 Å². The summed E-state index contributed by atoms with van der Waals surface area (Å²) < 4.78 is 5.14. The molecule has 0 fully saturated rings. The summed E-state index contributed by atoms with van der Waals surface area (Å²) in [7, 11) is 1.44. The second-order valence-electron chi connectivity index (χ2n) is 4.12. The van der Waals surface area contributed by atoms with E-state index < -0.39 is 0 Å². The Hall–Kier alpha value is -1.50. The highest BCUT2D eigenvalue weighted by molar-refractivity contribution is 7.13. The maximum Gasteiger partial charge on any atom is 0.256 e. The predicted molar refractivity (Wildman–Crippen MR) is 85.6 cm³/mol. The number of methoxy groups -OCH3 is 1. The largest absolute Gasteiger partial charge is 0.494 e. The Morgan fingerprint density at radius 2 is 2.14 bits per heavy atom. The maximum atomic E-state index is 12.2. The highest BCUT2D eigenvalue weighted by Crippen LogP contribution is 2.33. The zero-order chi connectivity index (χ0) is 15.4. The normalized spacial score (nSPS) is 10.4. The van der Waals surface area contributed by atoms with Crippen LogP contribution in [-0.4, -0.2) is 24.5 Å². The Morgan fingerprint density at radius 3 is 2.76 bits per heavy atom. The Kier molecular flexibility index (Phi) is 5.27. The Bertz CT molecular complexity index is 661. The summed E-state index contributed by atoms with van der Waals surface area (Å²) in [6.07, 6.45) is 0.583. The van der Waals surface area contributed by atoms with Crippen molar-refractivity contribution in [2.24, 2.45) is 0 Å². The third-order valence-corrected chi connectivity index (χ3v) is 4.06. The van der Waals surface area contributed by atoms with Gasteiger partial charge in [0.25, 0.3) is 5.91 Å². The first-order chi connectivity index (χ1) is 10.0. The number of thiazole rings is 1. The number of carbonyl (C=O) groups is 1. The molecule has 0 aliphatic carbocycles. The smallest absolute Gasteiger partial charge is 0.256 e. The van der Waals surface area contributed by atoms with E-state index in [1.54, 1.807) is 12.1 Å². The third kappa shape index (κ3) is 3.78. The molecule has 0 unspecified atom stereocenters. The Balaban J connectivity index is 2.05. The monoisotopic (exact) mass is 345 g/mol. The lowest BCUT2D eigenvalue weighted by Gasteiger charge is -2.12. The lowest BCUT2D eigenvalue weighted by atomic mass is 10.2. The van der Waals surface area contributed by atoms with Gasteiger partial charge in [-0.2, -0.15) is 0 Å². The first kappa shape index (κ1) is 15.9. The average molecular weight is 346 g/mol. The Labute approximate surface area is 136 Å². The van der Waals surface area contributed by atoms with Crippen LogP contribution in [0.3, 0.4) is 0 Å².